The molecule has 0 bridgehead atoms. The highest BCUT2D eigenvalue weighted by Gasteiger charge is 2.51. The number of hydrogen-bond acceptors (Lipinski definition) is 6. The summed E-state index contributed by atoms with van der Waals surface area (Å²) < 4.78 is 83.7. The van der Waals surface area contributed by atoms with Gasteiger partial charge in [0.25, 0.3) is 10.0 Å². The van der Waals surface area contributed by atoms with Crippen molar-refractivity contribution in [3.8, 4) is 5.69 Å². The average Bonchev–Trinajstić information content (AvgIpc) is 3.41. The van der Waals surface area contributed by atoms with E-state index in [1.807, 2.05) is 13.0 Å². The van der Waals surface area contributed by atoms with Crippen molar-refractivity contribution in [3.05, 3.63) is 107 Å². The Morgan fingerprint density at radius 1 is 1.09 bits per heavy atom. The number of benzene rings is 1. The Morgan fingerprint density at radius 2 is 1.86 bits per heavy atom. The third kappa shape index (κ3) is 5.06. The molecule has 8 nitrogen and oxygen atoms in total. The summed E-state index contributed by atoms with van der Waals surface area (Å²) in [5, 5.41) is 3.72. The highest BCUT2D eigenvalue weighted by molar-refractivity contribution is 7.89. The van der Waals surface area contributed by atoms with E-state index in [-0.39, 0.29) is 31.6 Å². The van der Waals surface area contributed by atoms with Gasteiger partial charge in [0.2, 0.25) is 0 Å². The number of nitrogens with zero attached hydrogens (tertiary/aromatic N) is 5. The number of pyridine rings is 2. The minimum atomic E-state index is -4.83. The summed E-state index contributed by atoms with van der Waals surface area (Å²) in [5.41, 5.74) is 0.905. The lowest BCUT2D eigenvalue weighted by Gasteiger charge is -2.44. The third-order valence-corrected chi connectivity index (χ3v) is 9.72. The van der Waals surface area contributed by atoms with Crippen molar-refractivity contribution in [2.75, 3.05) is 13.1 Å². The van der Waals surface area contributed by atoms with E-state index in [1.54, 1.807) is 35.1 Å². The first-order valence-corrected chi connectivity index (χ1v) is 14.9. The molecular weight excluding hydrogens is 586 g/mol. The zero-order valence-corrected chi connectivity index (χ0v) is 23.7. The van der Waals surface area contributed by atoms with E-state index in [4.69, 9.17) is 0 Å². The van der Waals surface area contributed by atoms with Crippen LogP contribution in [0.3, 0.4) is 0 Å². The minimum absolute atomic E-state index is 0.0776. The van der Waals surface area contributed by atoms with E-state index in [9.17, 15) is 30.8 Å². The molecule has 0 radical (unpaired) electrons. The third-order valence-electron chi connectivity index (χ3n) is 7.97. The first kappa shape index (κ1) is 28.9. The molecule has 0 saturated carbocycles. The molecule has 6 rings (SSSR count). The quantitative estimate of drug-likeness (QED) is 0.217. The van der Waals surface area contributed by atoms with E-state index < -0.39 is 43.9 Å². The van der Waals surface area contributed by atoms with Gasteiger partial charge >= 0.3 is 6.18 Å². The van der Waals surface area contributed by atoms with Gasteiger partial charge in [-0.05, 0) is 85.0 Å². The zero-order valence-electron chi connectivity index (χ0n) is 22.8. The van der Waals surface area contributed by atoms with Crippen molar-refractivity contribution < 1.29 is 30.8 Å². The second-order valence-corrected chi connectivity index (χ2v) is 12.4. The molecule has 3 aromatic heterocycles. The Balaban J connectivity index is 1.45. The van der Waals surface area contributed by atoms with Crippen LogP contribution >= 0.6 is 0 Å². The van der Waals surface area contributed by atoms with Crippen LogP contribution in [-0.2, 0) is 29.0 Å². The number of fused-ring (bicyclic) bond motifs is 2. The van der Waals surface area contributed by atoms with Crippen LogP contribution in [0.2, 0.25) is 0 Å². The highest BCUT2D eigenvalue weighted by atomic mass is 32.2. The first-order valence-electron chi connectivity index (χ1n) is 13.5. The second-order valence-electron chi connectivity index (χ2n) is 10.6. The minimum Gasteiger partial charge on any atom is -0.291 e. The molecule has 1 aromatic carbocycles. The molecule has 1 saturated heterocycles. The van der Waals surface area contributed by atoms with Crippen LogP contribution in [0.1, 0.15) is 46.3 Å². The number of sulfonamides is 1. The van der Waals surface area contributed by atoms with Gasteiger partial charge in [0, 0.05) is 19.3 Å². The standard InChI is InChI=1S/C30H25F4N5O3S/c1-2-19-10-12-35-24(14-19)28(40)29-16-20-17-36-39(23-8-6-22(31)7-9-23)25(20)15-21(29)11-13-38(18-29)43(41,42)27-5-3-4-26(37-27)30(32,33)34/h3-10,12,14-15,17H,2,11,13,16,18H2,1H3. The lowest BCUT2D eigenvalue weighted by Crippen LogP contribution is -2.53. The van der Waals surface area contributed by atoms with Crippen LogP contribution in [0, 0.1) is 11.2 Å². The van der Waals surface area contributed by atoms with Crippen LogP contribution in [0.15, 0.2) is 77.6 Å². The van der Waals surface area contributed by atoms with Gasteiger partial charge in [0.15, 0.2) is 10.8 Å². The molecule has 43 heavy (non-hydrogen) atoms. The number of ketones is 1. The Bertz CT molecular complexity index is 1870. The van der Waals surface area contributed by atoms with Gasteiger partial charge in [0.1, 0.15) is 17.2 Å². The molecule has 0 amide bonds. The van der Waals surface area contributed by atoms with Gasteiger partial charge in [0.05, 0.1) is 23.0 Å². The maximum atomic E-state index is 14.4. The summed E-state index contributed by atoms with van der Waals surface area (Å²) in [4.78, 5) is 22.1. The van der Waals surface area contributed by atoms with Crippen molar-refractivity contribution >= 4 is 21.9 Å². The average molecular weight is 612 g/mol. The lowest BCUT2D eigenvalue weighted by atomic mass is 9.65. The normalized spacial score (nSPS) is 19.0. The largest absolute Gasteiger partial charge is 0.433 e. The van der Waals surface area contributed by atoms with Gasteiger partial charge in [-0.3, -0.25) is 9.78 Å². The molecular formula is C30H25F4N5O3S. The fourth-order valence-corrected chi connectivity index (χ4v) is 7.17. The van der Waals surface area contributed by atoms with E-state index in [0.29, 0.717) is 35.0 Å². The molecule has 1 aliphatic heterocycles. The lowest BCUT2D eigenvalue weighted by molar-refractivity contribution is -0.141. The molecule has 0 N–H and O–H groups in total. The fourth-order valence-electron chi connectivity index (χ4n) is 5.72. The summed E-state index contributed by atoms with van der Waals surface area (Å²) in [7, 11) is -4.52. The Morgan fingerprint density at radius 3 is 2.58 bits per heavy atom. The van der Waals surface area contributed by atoms with Crippen LogP contribution < -0.4 is 0 Å². The number of piperidine rings is 1. The fraction of sp³-hybridized carbons (Fsp3) is 0.267. The molecule has 13 heteroatoms. The molecule has 4 aromatic rings. The van der Waals surface area contributed by atoms with Crippen LogP contribution in [0.4, 0.5) is 17.6 Å². The number of aromatic nitrogens is 4. The summed E-state index contributed by atoms with van der Waals surface area (Å²) in [6.07, 6.45) is 0.939. The number of carbonyl (C=O) groups is 1. The number of Topliss-reactive ketones (excluding diaryl/α,β-unsaturated/α-hetero) is 1. The first-order chi connectivity index (χ1) is 20.4. The van der Waals surface area contributed by atoms with E-state index >= 15 is 0 Å². The van der Waals surface area contributed by atoms with E-state index in [1.165, 1.54) is 18.3 Å². The second kappa shape index (κ2) is 10.5. The molecule has 0 spiro atoms. The highest BCUT2D eigenvalue weighted by Crippen LogP contribution is 2.47. The number of carbonyl (C=O) groups excluding carboxylic acids is 1. The summed E-state index contributed by atoms with van der Waals surface area (Å²) in [5.74, 6) is -0.801. The van der Waals surface area contributed by atoms with Gasteiger partial charge in [-0.2, -0.15) is 22.6 Å². The molecule has 2 aliphatic rings. The summed E-state index contributed by atoms with van der Waals surface area (Å²) in [6.45, 7) is 1.53. The predicted molar refractivity (Wildman–Crippen MR) is 148 cm³/mol. The van der Waals surface area contributed by atoms with Crippen molar-refractivity contribution in [2.24, 2.45) is 5.41 Å². The Labute approximate surface area is 244 Å². The molecule has 1 unspecified atom stereocenters. The number of aryl methyl sites for hydroxylation is 1. The summed E-state index contributed by atoms with van der Waals surface area (Å²) >= 11 is 0. The van der Waals surface area contributed by atoms with E-state index in [2.05, 4.69) is 15.1 Å². The smallest absolute Gasteiger partial charge is 0.291 e. The van der Waals surface area contributed by atoms with Gasteiger partial charge in [-0.15, -0.1) is 0 Å². The van der Waals surface area contributed by atoms with Gasteiger partial charge in [-0.1, -0.05) is 18.6 Å². The number of halogens is 4. The van der Waals surface area contributed by atoms with Gasteiger partial charge in [-0.25, -0.2) is 22.5 Å². The van der Waals surface area contributed by atoms with Crippen molar-refractivity contribution in [3.63, 3.8) is 0 Å². The SMILES string of the molecule is CCc1ccnc(C(=O)C23Cc4cnn(-c5ccc(F)cc5)c4C=C2CCN(S(=O)(=O)c2cccc(C(F)(F)F)n2)C3)c1. The van der Waals surface area contributed by atoms with Gasteiger partial charge < -0.3 is 0 Å². The summed E-state index contributed by atoms with van der Waals surface area (Å²) in [6, 6.07) is 11.9. The number of alkyl halides is 3. The number of hydrogen-bond donors (Lipinski definition) is 0. The molecule has 4 heterocycles. The van der Waals surface area contributed by atoms with E-state index in [0.717, 1.165) is 22.0 Å². The molecule has 222 valence electrons. The van der Waals surface area contributed by atoms with Crippen LogP contribution in [0.25, 0.3) is 11.8 Å². The Kier molecular flexibility index (Phi) is 7.04. The molecule has 1 fully saturated rings. The maximum Gasteiger partial charge on any atom is 0.433 e. The van der Waals surface area contributed by atoms with Crippen molar-refractivity contribution in [1.29, 1.82) is 0 Å². The molecule has 1 atom stereocenters. The molecule has 1 aliphatic carbocycles. The zero-order chi connectivity index (χ0) is 30.6. The van der Waals surface area contributed by atoms with Crippen molar-refractivity contribution in [2.45, 2.75) is 37.4 Å². The van der Waals surface area contributed by atoms with Crippen molar-refractivity contribution in [1.82, 2.24) is 24.1 Å². The van der Waals surface area contributed by atoms with Crippen LogP contribution in [0.5, 0.6) is 0 Å². The maximum absolute atomic E-state index is 14.4. The number of rotatable bonds is 6. The predicted octanol–water partition coefficient (Wildman–Crippen LogP) is 5.29. The van der Waals surface area contributed by atoms with Crippen LogP contribution in [-0.4, -0.2) is 51.3 Å². The Hall–Kier alpha value is -4.23. The topological polar surface area (TPSA) is 98.0 Å². The monoisotopic (exact) mass is 611 g/mol.